The Bertz CT molecular complexity index is 838. The molecule has 1 N–H and O–H groups in total. The molecule has 2 aromatic rings. The first-order valence-electron chi connectivity index (χ1n) is 10.7. The van der Waals surface area contributed by atoms with Crippen LogP contribution in [0.1, 0.15) is 42.5 Å². The van der Waals surface area contributed by atoms with Crippen LogP contribution in [0.5, 0.6) is 0 Å². The number of amides is 2. The number of anilines is 2. The summed E-state index contributed by atoms with van der Waals surface area (Å²) in [6.45, 7) is 3.43. The molecular formula is C24H29N3O2. The lowest BCUT2D eigenvalue weighted by Crippen LogP contribution is -2.41. The van der Waals surface area contributed by atoms with Gasteiger partial charge in [-0.05, 0) is 62.4 Å². The van der Waals surface area contributed by atoms with Gasteiger partial charge in [0.1, 0.15) is 0 Å². The normalized spacial score (nSPS) is 17.8. The topological polar surface area (TPSA) is 52.7 Å². The van der Waals surface area contributed by atoms with Gasteiger partial charge in [-0.25, -0.2) is 0 Å². The van der Waals surface area contributed by atoms with Crippen molar-refractivity contribution >= 4 is 23.2 Å². The Morgan fingerprint density at radius 3 is 2.28 bits per heavy atom. The second kappa shape index (κ2) is 9.12. The molecular weight excluding hydrogens is 362 g/mol. The number of carbonyl (C=O) groups is 2. The zero-order valence-corrected chi connectivity index (χ0v) is 16.8. The second-order valence-corrected chi connectivity index (χ2v) is 8.02. The van der Waals surface area contributed by atoms with E-state index in [1.54, 1.807) is 0 Å². The number of piperidine rings is 2. The van der Waals surface area contributed by atoms with Gasteiger partial charge in [-0.1, -0.05) is 24.3 Å². The van der Waals surface area contributed by atoms with Crippen molar-refractivity contribution < 1.29 is 9.59 Å². The van der Waals surface area contributed by atoms with Crippen LogP contribution in [0, 0.1) is 5.92 Å². The summed E-state index contributed by atoms with van der Waals surface area (Å²) in [5, 5.41) is 3.10. The first-order chi connectivity index (χ1) is 14.2. The summed E-state index contributed by atoms with van der Waals surface area (Å²) >= 11 is 0. The Morgan fingerprint density at radius 2 is 1.55 bits per heavy atom. The van der Waals surface area contributed by atoms with Gasteiger partial charge in [0.05, 0.1) is 0 Å². The number of hydrogen-bond acceptors (Lipinski definition) is 3. The maximum absolute atomic E-state index is 12.8. The largest absolute Gasteiger partial charge is 0.371 e. The molecule has 0 spiro atoms. The molecule has 2 fully saturated rings. The first kappa shape index (κ1) is 19.5. The molecule has 0 aromatic heterocycles. The number of benzene rings is 2. The van der Waals surface area contributed by atoms with E-state index in [-0.39, 0.29) is 17.7 Å². The molecule has 2 aliphatic heterocycles. The lowest BCUT2D eigenvalue weighted by molar-refractivity contribution is -0.121. The number of hydrogen-bond donors (Lipinski definition) is 1. The summed E-state index contributed by atoms with van der Waals surface area (Å²) in [5.41, 5.74) is 2.76. The Morgan fingerprint density at radius 1 is 0.828 bits per heavy atom. The summed E-state index contributed by atoms with van der Waals surface area (Å²) in [4.78, 5) is 29.6. The molecule has 2 heterocycles. The molecule has 2 amide bonds. The Labute approximate surface area is 172 Å². The number of likely N-dealkylation sites (tertiary alicyclic amines) is 1. The molecule has 0 radical (unpaired) electrons. The molecule has 152 valence electrons. The van der Waals surface area contributed by atoms with Gasteiger partial charge in [-0.3, -0.25) is 9.59 Å². The van der Waals surface area contributed by atoms with Gasteiger partial charge in [0.2, 0.25) is 5.91 Å². The van der Waals surface area contributed by atoms with E-state index in [4.69, 9.17) is 0 Å². The highest BCUT2D eigenvalue weighted by molar-refractivity contribution is 5.95. The monoisotopic (exact) mass is 391 g/mol. The molecule has 0 bridgehead atoms. The molecule has 2 saturated heterocycles. The maximum Gasteiger partial charge on any atom is 0.253 e. The predicted molar refractivity (Wildman–Crippen MR) is 116 cm³/mol. The van der Waals surface area contributed by atoms with Crippen LogP contribution in [0.15, 0.2) is 54.6 Å². The Balaban J connectivity index is 1.31. The number of rotatable bonds is 4. The molecule has 0 saturated carbocycles. The fourth-order valence-corrected chi connectivity index (χ4v) is 4.28. The highest BCUT2D eigenvalue weighted by Crippen LogP contribution is 2.25. The molecule has 0 atom stereocenters. The predicted octanol–water partition coefficient (Wildman–Crippen LogP) is 4.17. The Kier molecular flexibility index (Phi) is 6.13. The zero-order valence-electron chi connectivity index (χ0n) is 16.8. The molecule has 5 heteroatoms. The third-order valence-corrected chi connectivity index (χ3v) is 6.01. The molecule has 0 unspecified atom stereocenters. The highest BCUT2D eigenvalue weighted by atomic mass is 16.2. The minimum absolute atomic E-state index is 0.0477. The summed E-state index contributed by atoms with van der Waals surface area (Å²) in [6, 6.07) is 17.5. The average molecular weight is 392 g/mol. The van der Waals surface area contributed by atoms with Crippen LogP contribution in [-0.4, -0.2) is 42.9 Å². The van der Waals surface area contributed by atoms with Crippen molar-refractivity contribution in [3.05, 3.63) is 60.2 Å². The summed E-state index contributed by atoms with van der Waals surface area (Å²) in [7, 11) is 0. The van der Waals surface area contributed by atoms with Gasteiger partial charge in [0.15, 0.2) is 0 Å². The minimum atomic E-state index is -0.0477. The van der Waals surface area contributed by atoms with Crippen LogP contribution >= 0.6 is 0 Å². The quantitative estimate of drug-likeness (QED) is 0.851. The van der Waals surface area contributed by atoms with Crippen LogP contribution in [0.2, 0.25) is 0 Å². The van der Waals surface area contributed by atoms with Gasteiger partial charge >= 0.3 is 0 Å². The van der Waals surface area contributed by atoms with Gasteiger partial charge in [-0.2, -0.15) is 0 Å². The first-order valence-corrected chi connectivity index (χ1v) is 10.7. The van der Waals surface area contributed by atoms with E-state index in [1.165, 1.54) is 24.9 Å². The molecule has 5 nitrogen and oxygen atoms in total. The van der Waals surface area contributed by atoms with Gasteiger partial charge < -0.3 is 15.1 Å². The summed E-state index contributed by atoms with van der Waals surface area (Å²) in [6.07, 6.45) is 5.18. The highest BCUT2D eigenvalue weighted by Gasteiger charge is 2.28. The molecule has 0 aliphatic carbocycles. The van der Waals surface area contributed by atoms with Crippen molar-refractivity contribution in [3.63, 3.8) is 0 Å². The smallest absolute Gasteiger partial charge is 0.253 e. The third kappa shape index (κ3) is 4.78. The van der Waals surface area contributed by atoms with Crippen molar-refractivity contribution in [2.24, 2.45) is 5.92 Å². The lowest BCUT2D eigenvalue weighted by atomic mass is 9.95. The number of carbonyl (C=O) groups excluding carboxylic acids is 2. The van der Waals surface area contributed by atoms with Gasteiger partial charge in [0.25, 0.3) is 5.91 Å². The molecule has 2 aromatic carbocycles. The number of nitrogens with zero attached hydrogens (tertiary/aromatic N) is 2. The van der Waals surface area contributed by atoms with Crippen LogP contribution in [0.25, 0.3) is 0 Å². The minimum Gasteiger partial charge on any atom is -0.371 e. The maximum atomic E-state index is 12.8. The van der Waals surface area contributed by atoms with Crippen molar-refractivity contribution in [2.45, 2.75) is 32.1 Å². The Hall–Kier alpha value is -2.82. The molecule has 4 rings (SSSR count). The van der Waals surface area contributed by atoms with Crippen molar-refractivity contribution in [1.82, 2.24) is 4.90 Å². The van der Waals surface area contributed by atoms with Crippen molar-refractivity contribution in [2.75, 3.05) is 36.4 Å². The van der Waals surface area contributed by atoms with E-state index < -0.39 is 0 Å². The van der Waals surface area contributed by atoms with E-state index in [9.17, 15) is 9.59 Å². The van der Waals surface area contributed by atoms with Crippen molar-refractivity contribution in [1.29, 1.82) is 0 Å². The van der Waals surface area contributed by atoms with E-state index in [0.717, 1.165) is 18.8 Å². The second-order valence-electron chi connectivity index (χ2n) is 8.02. The van der Waals surface area contributed by atoms with Crippen LogP contribution in [-0.2, 0) is 4.79 Å². The van der Waals surface area contributed by atoms with E-state index in [2.05, 4.69) is 22.3 Å². The summed E-state index contributed by atoms with van der Waals surface area (Å²) < 4.78 is 0. The van der Waals surface area contributed by atoms with Crippen molar-refractivity contribution in [3.8, 4) is 0 Å². The fraction of sp³-hybridized carbons (Fsp3) is 0.417. The zero-order chi connectivity index (χ0) is 20.1. The van der Waals surface area contributed by atoms with Crippen LogP contribution in [0.3, 0.4) is 0 Å². The van der Waals surface area contributed by atoms with Gasteiger partial charge in [-0.15, -0.1) is 0 Å². The standard InChI is InChI=1S/C24H29N3O2/c28-23(25-21-10-7-11-22(18-21)26-14-5-2-6-15-26)19-12-16-27(17-13-19)24(29)20-8-3-1-4-9-20/h1,3-4,7-11,18-19H,2,5-6,12-17H2,(H,25,28). The molecule has 2 aliphatic rings. The SMILES string of the molecule is O=C(Nc1cccc(N2CCCCC2)c1)C1CCN(C(=O)c2ccccc2)CC1. The third-order valence-electron chi connectivity index (χ3n) is 6.01. The van der Waals surface area contributed by atoms with E-state index in [0.29, 0.717) is 31.5 Å². The van der Waals surface area contributed by atoms with E-state index >= 15 is 0 Å². The summed E-state index contributed by atoms with van der Waals surface area (Å²) in [5.74, 6) is 0.0692. The lowest BCUT2D eigenvalue weighted by Gasteiger charge is -2.31. The van der Waals surface area contributed by atoms with Gasteiger partial charge in [0, 0.05) is 49.0 Å². The molecule has 29 heavy (non-hydrogen) atoms. The average Bonchev–Trinajstić information content (AvgIpc) is 2.80. The number of nitrogens with one attached hydrogen (secondary N) is 1. The van der Waals surface area contributed by atoms with Crippen LogP contribution in [0.4, 0.5) is 11.4 Å². The van der Waals surface area contributed by atoms with E-state index in [1.807, 2.05) is 47.4 Å². The fourth-order valence-electron chi connectivity index (χ4n) is 4.28. The van der Waals surface area contributed by atoms with Crippen LogP contribution < -0.4 is 10.2 Å².